The van der Waals surface area contributed by atoms with E-state index >= 15 is 0 Å². The van der Waals surface area contributed by atoms with Gasteiger partial charge in [0, 0.05) is 22.8 Å². The molecule has 2 heteroatoms. The minimum atomic E-state index is 0.267. The fourth-order valence-corrected chi connectivity index (χ4v) is 2.97. The summed E-state index contributed by atoms with van der Waals surface area (Å²) in [5.74, 6) is 0.267. The van der Waals surface area contributed by atoms with Crippen LogP contribution in [0.5, 0.6) is 0 Å². The van der Waals surface area contributed by atoms with Crippen molar-refractivity contribution in [1.29, 1.82) is 0 Å². The van der Waals surface area contributed by atoms with Crippen LogP contribution in [-0.4, -0.2) is 5.78 Å². The van der Waals surface area contributed by atoms with E-state index in [0.717, 1.165) is 40.3 Å². The van der Waals surface area contributed by atoms with Crippen LogP contribution in [0, 0.1) is 0 Å². The van der Waals surface area contributed by atoms with E-state index in [1.807, 2.05) is 30.3 Å². The first-order valence-corrected chi connectivity index (χ1v) is 6.31. The molecule has 4 rings (SSSR count). The standard InChI is InChI=1S/C16H12O2/c17-13-6-3-5-11-10(13)8-9-15-16(11)12-4-1-2-7-14(12)18-15/h1-2,4,7-9H,3,5-6H2. The highest BCUT2D eigenvalue weighted by molar-refractivity contribution is 6.11. The Morgan fingerprint density at radius 1 is 0.944 bits per heavy atom. The normalized spacial score (nSPS) is 15.2. The van der Waals surface area contributed by atoms with Crippen LogP contribution in [-0.2, 0) is 6.42 Å². The monoisotopic (exact) mass is 236 g/mol. The van der Waals surface area contributed by atoms with Gasteiger partial charge in [-0.15, -0.1) is 0 Å². The minimum Gasteiger partial charge on any atom is -0.456 e. The Morgan fingerprint density at radius 3 is 2.78 bits per heavy atom. The lowest BCUT2D eigenvalue weighted by Crippen LogP contribution is -2.10. The number of Topliss-reactive ketones (excluding diaryl/α,β-unsaturated/α-hetero) is 1. The topological polar surface area (TPSA) is 30.2 Å². The van der Waals surface area contributed by atoms with Crippen LogP contribution in [0.15, 0.2) is 40.8 Å². The molecular formula is C16H12O2. The first-order valence-electron chi connectivity index (χ1n) is 6.31. The Labute approximate surface area is 104 Å². The van der Waals surface area contributed by atoms with Crippen molar-refractivity contribution in [3.8, 4) is 0 Å². The second kappa shape index (κ2) is 3.45. The van der Waals surface area contributed by atoms with Crippen LogP contribution in [0.25, 0.3) is 21.9 Å². The molecule has 0 aliphatic heterocycles. The minimum absolute atomic E-state index is 0.267. The lowest BCUT2D eigenvalue weighted by Gasteiger charge is -2.14. The molecule has 0 unspecified atom stereocenters. The van der Waals surface area contributed by atoms with Crippen molar-refractivity contribution in [3.05, 3.63) is 47.5 Å². The molecule has 18 heavy (non-hydrogen) atoms. The predicted molar refractivity (Wildman–Crippen MR) is 71.0 cm³/mol. The Balaban J connectivity index is 2.21. The van der Waals surface area contributed by atoms with Gasteiger partial charge in [-0.2, -0.15) is 0 Å². The van der Waals surface area contributed by atoms with Crippen LogP contribution in [0.4, 0.5) is 0 Å². The maximum Gasteiger partial charge on any atom is 0.163 e. The molecule has 0 saturated heterocycles. The molecular weight excluding hydrogens is 224 g/mol. The summed E-state index contributed by atoms with van der Waals surface area (Å²) in [4.78, 5) is 12.0. The molecule has 2 aromatic carbocycles. The van der Waals surface area contributed by atoms with Crippen LogP contribution >= 0.6 is 0 Å². The second-order valence-electron chi connectivity index (χ2n) is 4.84. The Kier molecular flexibility index (Phi) is 1.90. The molecule has 0 saturated carbocycles. The first kappa shape index (κ1) is 9.89. The summed E-state index contributed by atoms with van der Waals surface area (Å²) in [5.41, 5.74) is 3.86. The van der Waals surface area contributed by atoms with Gasteiger partial charge in [-0.25, -0.2) is 0 Å². The van der Waals surface area contributed by atoms with Gasteiger partial charge in [-0.1, -0.05) is 18.2 Å². The Bertz CT molecular complexity index is 780. The number of furan rings is 1. The quantitative estimate of drug-likeness (QED) is 0.588. The second-order valence-corrected chi connectivity index (χ2v) is 4.84. The summed E-state index contributed by atoms with van der Waals surface area (Å²) in [6.45, 7) is 0. The van der Waals surface area contributed by atoms with Gasteiger partial charge < -0.3 is 4.42 Å². The summed E-state index contributed by atoms with van der Waals surface area (Å²) < 4.78 is 5.84. The fraction of sp³-hybridized carbons (Fsp3) is 0.188. The molecule has 0 radical (unpaired) electrons. The van der Waals surface area contributed by atoms with E-state index in [9.17, 15) is 4.79 Å². The third kappa shape index (κ3) is 1.20. The van der Waals surface area contributed by atoms with Gasteiger partial charge in [0.1, 0.15) is 11.2 Å². The number of fused-ring (bicyclic) bond motifs is 5. The van der Waals surface area contributed by atoms with E-state index in [2.05, 4.69) is 6.07 Å². The number of carbonyl (C=O) groups excluding carboxylic acids is 1. The van der Waals surface area contributed by atoms with Crippen LogP contribution < -0.4 is 0 Å². The van der Waals surface area contributed by atoms with E-state index < -0.39 is 0 Å². The fourth-order valence-electron chi connectivity index (χ4n) is 2.97. The van der Waals surface area contributed by atoms with Gasteiger partial charge in [0.05, 0.1) is 0 Å². The third-order valence-electron chi connectivity index (χ3n) is 3.78. The summed E-state index contributed by atoms with van der Waals surface area (Å²) in [7, 11) is 0. The number of rotatable bonds is 0. The Morgan fingerprint density at radius 2 is 1.83 bits per heavy atom. The highest BCUT2D eigenvalue weighted by atomic mass is 16.3. The van der Waals surface area contributed by atoms with E-state index in [1.165, 1.54) is 5.56 Å². The number of para-hydroxylation sites is 1. The van der Waals surface area contributed by atoms with E-state index in [0.29, 0.717) is 6.42 Å². The molecule has 0 bridgehead atoms. The van der Waals surface area contributed by atoms with E-state index in [1.54, 1.807) is 0 Å². The number of carbonyl (C=O) groups is 1. The molecule has 0 N–H and O–H groups in total. The number of ketones is 1. The lowest BCUT2D eigenvalue weighted by atomic mass is 9.88. The average Bonchev–Trinajstić information content (AvgIpc) is 2.77. The lowest BCUT2D eigenvalue weighted by molar-refractivity contribution is 0.0973. The third-order valence-corrected chi connectivity index (χ3v) is 3.78. The van der Waals surface area contributed by atoms with Crippen molar-refractivity contribution >= 4 is 27.7 Å². The van der Waals surface area contributed by atoms with Crippen molar-refractivity contribution in [2.75, 3.05) is 0 Å². The summed E-state index contributed by atoms with van der Waals surface area (Å²) in [6, 6.07) is 11.9. The van der Waals surface area contributed by atoms with Crippen molar-refractivity contribution in [2.24, 2.45) is 0 Å². The summed E-state index contributed by atoms with van der Waals surface area (Å²) in [5, 5.41) is 2.26. The number of benzene rings is 2. The van der Waals surface area contributed by atoms with Gasteiger partial charge in [0.2, 0.25) is 0 Å². The van der Waals surface area contributed by atoms with Crippen molar-refractivity contribution in [3.63, 3.8) is 0 Å². The van der Waals surface area contributed by atoms with Gasteiger partial charge in [0.25, 0.3) is 0 Å². The van der Waals surface area contributed by atoms with Crippen molar-refractivity contribution < 1.29 is 9.21 Å². The largest absolute Gasteiger partial charge is 0.456 e. The zero-order valence-corrected chi connectivity index (χ0v) is 9.90. The molecule has 1 heterocycles. The molecule has 0 fully saturated rings. The smallest absolute Gasteiger partial charge is 0.163 e. The first-order chi connectivity index (χ1) is 8.84. The highest BCUT2D eigenvalue weighted by Gasteiger charge is 2.21. The highest BCUT2D eigenvalue weighted by Crippen LogP contribution is 2.35. The maximum atomic E-state index is 12.0. The van der Waals surface area contributed by atoms with E-state index in [4.69, 9.17) is 4.42 Å². The Hall–Kier alpha value is -2.09. The maximum absolute atomic E-state index is 12.0. The van der Waals surface area contributed by atoms with Crippen molar-refractivity contribution in [2.45, 2.75) is 19.3 Å². The van der Waals surface area contributed by atoms with Crippen LogP contribution in [0.1, 0.15) is 28.8 Å². The van der Waals surface area contributed by atoms with Gasteiger partial charge in [0.15, 0.2) is 5.78 Å². The number of hydrogen-bond acceptors (Lipinski definition) is 2. The van der Waals surface area contributed by atoms with Crippen molar-refractivity contribution in [1.82, 2.24) is 0 Å². The summed E-state index contributed by atoms with van der Waals surface area (Å²) in [6.07, 6.45) is 2.60. The summed E-state index contributed by atoms with van der Waals surface area (Å²) >= 11 is 0. The SMILES string of the molecule is O=C1CCCc2c1ccc1oc3ccccc3c21. The molecule has 1 aliphatic carbocycles. The molecule has 0 spiro atoms. The average molecular weight is 236 g/mol. The molecule has 1 aromatic heterocycles. The predicted octanol–water partition coefficient (Wildman–Crippen LogP) is 4.11. The molecule has 88 valence electrons. The van der Waals surface area contributed by atoms with Crippen LogP contribution in [0.2, 0.25) is 0 Å². The van der Waals surface area contributed by atoms with Gasteiger partial charge in [-0.05, 0) is 36.6 Å². The molecule has 0 atom stereocenters. The molecule has 1 aliphatic rings. The zero-order chi connectivity index (χ0) is 12.1. The molecule has 3 aromatic rings. The number of aryl methyl sites for hydroxylation is 1. The molecule has 2 nitrogen and oxygen atoms in total. The molecule has 0 amide bonds. The number of hydrogen-bond donors (Lipinski definition) is 0. The van der Waals surface area contributed by atoms with Gasteiger partial charge >= 0.3 is 0 Å². The zero-order valence-electron chi connectivity index (χ0n) is 9.90. The van der Waals surface area contributed by atoms with Gasteiger partial charge in [-0.3, -0.25) is 4.79 Å². The van der Waals surface area contributed by atoms with E-state index in [-0.39, 0.29) is 5.78 Å². The van der Waals surface area contributed by atoms with Crippen LogP contribution in [0.3, 0.4) is 0 Å².